The van der Waals surface area contributed by atoms with Crippen LogP contribution in [0.5, 0.6) is 0 Å². The first-order valence-corrected chi connectivity index (χ1v) is 9.52. The van der Waals surface area contributed by atoms with Crippen molar-refractivity contribution in [2.75, 3.05) is 10.6 Å². The maximum absolute atomic E-state index is 13.2. The first kappa shape index (κ1) is 21.0. The summed E-state index contributed by atoms with van der Waals surface area (Å²) >= 11 is 2.95. The Labute approximate surface area is 174 Å². The summed E-state index contributed by atoms with van der Waals surface area (Å²) < 4.78 is 39.6. The lowest BCUT2D eigenvalue weighted by atomic mass is 10.1. The number of benzene rings is 1. The van der Waals surface area contributed by atoms with E-state index in [9.17, 15) is 13.2 Å². The summed E-state index contributed by atoms with van der Waals surface area (Å²) in [7, 11) is 0. The molecule has 0 fully saturated rings. The molecular formula is C20H19BrF3N5. The van der Waals surface area contributed by atoms with Crippen LogP contribution in [0.25, 0.3) is 11.3 Å². The summed E-state index contributed by atoms with van der Waals surface area (Å²) in [6.07, 6.45) is -1.18. The lowest BCUT2D eigenvalue weighted by Gasteiger charge is -2.21. The maximum Gasteiger partial charge on any atom is 0.417 e. The summed E-state index contributed by atoms with van der Waals surface area (Å²) in [5.41, 5.74) is 0.634. The summed E-state index contributed by atoms with van der Waals surface area (Å²) in [5.74, 6) is 0.733. The zero-order valence-corrected chi connectivity index (χ0v) is 17.6. The molecule has 0 spiro atoms. The van der Waals surface area contributed by atoms with Gasteiger partial charge >= 0.3 is 6.18 Å². The van der Waals surface area contributed by atoms with Crippen LogP contribution >= 0.6 is 15.9 Å². The van der Waals surface area contributed by atoms with Crippen LogP contribution in [0, 0.1) is 0 Å². The minimum atomic E-state index is -4.47. The Morgan fingerprint density at radius 1 is 0.931 bits per heavy atom. The van der Waals surface area contributed by atoms with E-state index in [0.29, 0.717) is 17.5 Å². The molecule has 0 aliphatic heterocycles. The van der Waals surface area contributed by atoms with Crippen LogP contribution in [-0.4, -0.2) is 20.5 Å². The molecule has 0 amide bonds. The first-order chi connectivity index (χ1) is 13.5. The van der Waals surface area contributed by atoms with Crippen molar-refractivity contribution in [3.05, 3.63) is 58.8 Å². The second kappa shape index (κ2) is 7.98. The number of rotatable bonds is 4. The molecule has 29 heavy (non-hydrogen) atoms. The Morgan fingerprint density at radius 2 is 1.62 bits per heavy atom. The van der Waals surface area contributed by atoms with Crippen LogP contribution in [0.2, 0.25) is 0 Å². The van der Waals surface area contributed by atoms with Crippen molar-refractivity contribution < 1.29 is 13.2 Å². The van der Waals surface area contributed by atoms with Gasteiger partial charge in [-0.2, -0.15) is 18.2 Å². The molecule has 3 rings (SSSR count). The molecule has 3 aromatic rings. The number of aromatic nitrogens is 3. The lowest BCUT2D eigenvalue weighted by molar-refractivity contribution is -0.138. The smallest absolute Gasteiger partial charge is 0.350 e. The highest BCUT2D eigenvalue weighted by molar-refractivity contribution is 9.10. The van der Waals surface area contributed by atoms with Gasteiger partial charge in [0.15, 0.2) is 0 Å². The number of hydrogen-bond donors (Lipinski definition) is 2. The monoisotopic (exact) mass is 465 g/mol. The minimum Gasteiger partial charge on any atom is -0.350 e. The Morgan fingerprint density at radius 3 is 2.24 bits per heavy atom. The highest BCUT2D eigenvalue weighted by Crippen LogP contribution is 2.37. The molecule has 0 aliphatic carbocycles. The van der Waals surface area contributed by atoms with Crippen molar-refractivity contribution in [1.82, 2.24) is 15.0 Å². The number of pyridine rings is 1. The van der Waals surface area contributed by atoms with E-state index in [1.165, 1.54) is 6.07 Å². The molecule has 2 aromatic heterocycles. The standard InChI is InChI=1S/C20H19BrF3N5/c1-19(2,3)29-18-27-16(12-6-8-25-9-7-12)11-17(28-18)26-13-4-5-15(21)14(10-13)20(22,23)24/h4-11H,1-3H3,(H2,26,27,28,29). The molecule has 0 saturated heterocycles. The largest absolute Gasteiger partial charge is 0.417 e. The van der Waals surface area contributed by atoms with Gasteiger partial charge in [0.1, 0.15) is 5.82 Å². The average molecular weight is 466 g/mol. The number of nitrogens with zero attached hydrogens (tertiary/aromatic N) is 3. The predicted molar refractivity (Wildman–Crippen MR) is 111 cm³/mol. The molecule has 0 bridgehead atoms. The maximum atomic E-state index is 13.2. The van der Waals surface area contributed by atoms with E-state index >= 15 is 0 Å². The normalized spacial score (nSPS) is 12.0. The van der Waals surface area contributed by atoms with Gasteiger partial charge in [0.05, 0.1) is 11.3 Å². The van der Waals surface area contributed by atoms with E-state index < -0.39 is 11.7 Å². The molecule has 2 N–H and O–H groups in total. The molecule has 0 unspecified atom stereocenters. The van der Waals surface area contributed by atoms with Crippen molar-refractivity contribution in [1.29, 1.82) is 0 Å². The van der Waals surface area contributed by atoms with Crippen molar-refractivity contribution in [3.63, 3.8) is 0 Å². The van der Waals surface area contributed by atoms with Crippen LogP contribution < -0.4 is 10.6 Å². The fourth-order valence-electron chi connectivity index (χ4n) is 2.54. The third-order valence-electron chi connectivity index (χ3n) is 3.73. The molecule has 1 aromatic carbocycles. The zero-order valence-electron chi connectivity index (χ0n) is 16.0. The summed E-state index contributed by atoms with van der Waals surface area (Å²) in [5, 5.41) is 6.15. The molecular weight excluding hydrogens is 447 g/mol. The molecule has 0 saturated carbocycles. The minimum absolute atomic E-state index is 0.0224. The Hall–Kier alpha value is -2.68. The van der Waals surface area contributed by atoms with Crippen LogP contribution in [0.3, 0.4) is 0 Å². The van der Waals surface area contributed by atoms with Gasteiger partial charge in [-0.3, -0.25) is 4.98 Å². The van der Waals surface area contributed by atoms with E-state index in [1.54, 1.807) is 36.7 Å². The van der Waals surface area contributed by atoms with Crippen molar-refractivity contribution in [2.24, 2.45) is 0 Å². The number of anilines is 3. The molecule has 5 nitrogen and oxygen atoms in total. The predicted octanol–water partition coefficient (Wildman–Crippen LogP) is 6.27. The van der Waals surface area contributed by atoms with Crippen LogP contribution in [0.15, 0.2) is 53.3 Å². The number of nitrogens with one attached hydrogen (secondary N) is 2. The summed E-state index contributed by atoms with van der Waals surface area (Å²) in [6.45, 7) is 5.90. The van der Waals surface area contributed by atoms with Gasteiger partial charge in [-0.05, 0) is 51.1 Å². The van der Waals surface area contributed by atoms with E-state index in [1.807, 2.05) is 20.8 Å². The van der Waals surface area contributed by atoms with Crippen molar-refractivity contribution in [2.45, 2.75) is 32.5 Å². The van der Waals surface area contributed by atoms with Gasteiger partial charge in [-0.1, -0.05) is 15.9 Å². The summed E-state index contributed by atoms with van der Waals surface area (Å²) in [4.78, 5) is 12.9. The van der Waals surface area contributed by atoms with Crippen molar-refractivity contribution >= 4 is 33.4 Å². The number of halogens is 4. The first-order valence-electron chi connectivity index (χ1n) is 8.73. The topological polar surface area (TPSA) is 62.7 Å². The zero-order chi connectivity index (χ0) is 21.2. The average Bonchev–Trinajstić information content (AvgIpc) is 2.61. The second-order valence-electron chi connectivity index (χ2n) is 7.39. The van der Waals surface area contributed by atoms with Gasteiger partial charge in [0.2, 0.25) is 5.95 Å². The van der Waals surface area contributed by atoms with Crippen LogP contribution in [-0.2, 0) is 6.18 Å². The fraction of sp³-hybridized carbons (Fsp3) is 0.250. The van der Waals surface area contributed by atoms with Gasteiger partial charge in [-0.25, -0.2) is 4.98 Å². The van der Waals surface area contributed by atoms with Gasteiger partial charge in [-0.15, -0.1) is 0 Å². The Bertz CT molecular complexity index is 1000. The van der Waals surface area contributed by atoms with E-state index in [4.69, 9.17) is 0 Å². The van der Waals surface area contributed by atoms with Gasteiger partial charge in [0.25, 0.3) is 0 Å². The molecule has 0 aliphatic rings. The molecule has 0 radical (unpaired) electrons. The highest BCUT2D eigenvalue weighted by Gasteiger charge is 2.33. The van der Waals surface area contributed by atoms with E-state index in [2.05, 4.69) is 41.5 Å². The Balaban J connectivity index is 2.01. The SMILES string of the molecule is CC(C)(C)Nc1nc(Nc2ccc(Br)c(C(F)(F)F)c2)cc(-c2ccncc2)n1. The third kappa shape index (κ3) is 5.66. The van der Waals surface area contributed by atoms with Gasteiger partial charge in [0, 0.05) is 39.7 Å². The van der Waals surface area contributed by atoms with E-state index in [-0.39, 0.29) is 15.7 Å². The van der Waals surface area contributed by atoms with E-state index in [0.717, 1.165) is 11.6 Å². The fourth-order valence-corrected chi connectivity index (χ4v) is 3.01. The Kier molecular flexibility index (Phi) is 5.79. The van der Waals surface area contributed by atoms with Crippen LogP contribution in [0.4, 0.5) is 30.6 Å². The van der Waals surface area contributed by atoms with Crippen LogP contribution in [0.1, 0.15) is 26.3 Å². The second-order valence-corrected chi connectivity index (χ2v) is 8.24. The van der Waals surface area contributed by atoms with Gasteiger partial charge < -0.3 is 10.6 Å². The molecule has 2 heterocycles. The quantitative estimate of drug-likeness (QED) is 0.474. The molecule has 152 valence electrons. The number of alkyl halides is 3. The summed E-state index contributed by atoms with van der Waals surface area (Å²) in [6, 6.07) is 9.21. The molecule has 0 atom stereocenters. The third-order valence-corrected chi connectivity index (χ3v) is 4.42. The number of hydrogen-bond acceptors (Lipinski definition) is 5. The van der Waals surface area contributed by atoms with Crippen molar-refractivity contribution in [3.8, 4) is 11.3 Å². The highest BCUT2D eigenvalue weighted by atomic mass is 79.9. The lowest BCUT2D eigenvalue weighted by Crippen LogP contribution is -2.27. The molecule has 9 heteroatoms.